The van der Waals surface area contributed by atoms with E-state index in [1.54, 1.807) is 48.9 Å². The monoisotopic (exact) mass is 411 g/mol. The van der Waals surface area contributed by atoms with Gasteiger partial charge in [-0.1, -0.05) is 12.1 Å². The summed E-state index contributed by atoms with van der Waals surface area (Å²) in [5.41, 5.74) is 0.266. The molecule has 1 aliphatic heterocycles. The quantitative estimate of drug-likeness (QED) is 0.671. The lowest BCUT2D eigenvalue weighted by Crippen LogP contribution is -2.38. The van der Waals surface area contributed by atoms with E-state index in [2.05, 4.69) is 20.3 Å². The Morgan fingerprint density at radius 3 is 2.59 bits per heavy atom. The van der Waals surface area contributed by atoms with Crippen molar-refractivity contribution in [3.8, 4) is 0 Å². The predicted molar refractivity (Wildman–Crippen MR) is 108 cm³/mol. The minimum atomic E-state index is -3.68. The Balaban J connectivity index is 1.48. The second-order valence-electron chi connectivity index (χ2n) is 6.85. The van der Waals surface area contributed by atoms with E-state index in [1.807, 2.05) is 0 Å². The van der Waals surface area contributed by atoms with Crippen LogP contribution in [-0.2, 0) is 10.0 Å². The first-order valence-corrected chi connectivity index (χ1v) is 10.8. The zero-order valence-corrected chi connectivity index (χ0v) is 16.5. The maximum Gasteiger partial charge on any atom is 0.256 e. The molecule has 9 heteroatoms. The number of benzene rings is 1. The van der Waals surface area contributed by atoms with E-state index >= 15 is 0 Å². The van der Waals surface area contributed by atoms with Crippen LogP contribution in [0.5, 0.6) is 0 Å². The molecule has 3 heterocycles. The van der Waals surface area contributed by atoms with E-state index in [4.69, 9.17) is 0 Å². The fourth-order valence-corrected chi connectivity index (χ4v) is 4.96. The number of piperidine rings is 1. The summed E-state index contributed by atoms with van der Waals surface area (Å²) in [6.07, 6.45) is 6.46. The zero-order valence-electron chi connectivity index (χ0n) is 15.7. The molecule has 8 nitrogen and oxygen atoms in total. The van der Waals surface area contributed by atoms with Crippen molar-refractivity contribution in [3.63, 3.8) is 0 Å². The molecule has 1 aliphatic rings. The van der Waals surface area contributed by atoms with Crippen molar-refractivity contribution in [2.75, 3.05) is 18.4 Å². The van der Waals surface area contributed by atoms with Gasteiger partial charge in [0.15, 0.2) is 0 Å². The normalized spacial score (nSPS) is 15.9. The number of carbonyl (C=O) groups is 1. The van der Waals surface area contributed by atoms with Gasteiger partial charge in [0.1, 0.15) is 11.6 Å². The number of hydrogen-bond donors (Lipinski definition) is 2. The molecular formula is C20H21N5O3S. The van der Waals surface area contributed by atoms with Crippen LogP contribution in [0.1, 0.15) is 34.9 Å². The van der Waals surface area contributed by atoms with Gasteiger partial charge in [-0.05, 0) is 43.2 Å². The molecule has 150 valence electrons. The molecule has 29 heavy (non-hydrogen) atoms. The van der Waals surface area contributed by atoms with E-state index in [1.165, 1.54) is 16.4 Å². The highest BCUT2D eigenvalue weighted by Crippen LogP contribution is 2.29. The van der Waals surface area contributed by atoms with Crippen LogP contribution >= 0.6 is 0 Å². The molecule has 0 radical (unpaired) electrons. The second kappa shape index (κ2) is 8.14. The Bertz CT molecular complexity index is 1080. The first-order chi connectivity index (χ1) is 14.0. The van der Waals surface area contributed by atoms with Gasteiger partial charge >= 0.3 is 0 Å². The summed E-state index contributed by atoms with van der Waals surface area (Å²) in [4.78, 5) is 24.0. The number of nitrogens with one attached hydrogen (secondary N) is 2. The summed E-state index contributed by atoms with van der Waals surface area (Å²) in [5, 5.41) is 2.67. The molecule has 0 bridgehead atoms. The minimum Gasteiger partial charge on any atom is -0.348 e. The highest BCUT2D eigenvalue weighted by atomic mass is 32.2. The third-order valence-electron chi connectivity index (χ3n) is 5.00. The molecule has 0 aliphatic carbocycles. The maximum atomic E-state index is 13.1. The van der Waals surface area contributed by atoms with Crippen LogP contribution in [0.3, 0.4) is 0 Å². The van der Waals surface area contributed by atoms with Gasteiger partial charge in [-0.2, -0.15) is 4.31 Å². The number of aromatic nitrogens is 3. The smallest absolute Gasteiger partial charge is 0.256 e. The van der Waals surface area contributed by atoms with E-state index in [0.29, 0.717) is 31.7 Å². The van der Waals surface area contributed by atoms with Gasteiger partial charge in [-0.3, -0.25) is 4.79 Å². The zero-order chi connectivity index (χ0) is 20.3. The number of pyridine rings is 1. The maximum absolute atomic E-state index is 13.1. The molecule has 1 aromatic carbocycles. The van der Waals surface area contributed by atoms with Crippen LogP contribution in [0.25, 0.3) is 0 Å². The van der Waals surface area contributed by atoms with Crippen LogP contribution in [0.2, 0.25) is 0 Å². The van der Waals surface area contributed by atoms with Gasteiger partial charge < -0.3 is 10.3 Å². The molecule has 1 saturated heterocycles. The SMILES string of the molecule is O=C(Nc1ccccn1)c1cccc(S(=O)(=O)N2CCC(c3ncc[nH]3)CC2)c1. The molecule has 1 fully saturated rings. The Hall–Kier alpha value is -3.04. The van der Waals surface area contributed by atoms with Crippen molar-refractivity contribution >= 4 is 21.7 Å². The molecule has 2 aromatic heterocycles. The van der Waals surface area contributed by atoms with Gasteiger partial charge in [0.25, 0.3) is 5.91 Å². The predicted octanol–water partition coefficient (Wildman–Crippen LogP) is 2.63. The molecule has 0 unspecified atom stereocenters. The van der Waals surface area contributed by atoms with Crippen LogP contribution < -0.4 is 5.32 Å². The fraction of sp³-hybridized carbons (Fsp3) is 0.250. The lowest BCUT2D eigenvalue weighted by molar-refractivity contribution is 0.102. The van der Waals surface area contributed by atoms with Gasteiger partial charge in [0.2, 0.25) is 10.0 Å². The van der Waals surface area contributed by atoms with Gasteiger partial charge in [0, 0.05) is 43.2 Å². The molecular weight excluding hydrogens is 390 g/mol. The van der Waals surface area contributed by atoms with Crippen LogP contribution in [0, 0.1) is 0 Å². The highest BCUT2D eigenvalue weighted by Gasteiger charge is 2.31. The third-order valence-corrected chi connectivity index (χ3v) is 6.90. The number of rotatable bonds is 5. The number of anilines is 1. The number of nitrogens with zero attached hydrogens (tertiary/aromatic N) is 3. The van der Waals surface area contributed by atoms with Crippen molar-refractivity contribution < 1.29 is 13.2 Å². The van der Waals surface area contributed by atoms with Crippen molar-refractivity contribution in [3.05, 3.63) is 72.4 Å². The molecule has 0 saturated carbocycles. The van der Waals surface area contributed by atoms with Crippen molar-refractivity contribution in [1.29, 1.82) is 0 Å². The Morgan fingerprint density at radius 2 is 1.90 bits per heavy atom. The van der Waals surface area contributed by atoms with Crippen LogP contribution in [0.4, 0.5) is 5.82 Å². The first-order valence-electron chi connectivity index (χ1n) is 9.36. The van der Waals surface area contributed by atoms with E-state index in [9.17, 15) is 13.2 Å². The average Bonchev–Trinajstić information content (AvgIpc) is 3.30. The Morgan fingerprint density at radius 1 is 1.07 bits per heavy atom. The number of imidazole rings is 1. The molecule has 1 amide bonds. The average molecular weight is 411 g/mol. The number of hydrogen-bond acceptors (Lipinski definition) is 5. The number of H-pyrrole nitrogens is 1. The number of aromatic amines is 1. The first kappa shape index (κ1) is 19.3. The molecule has 4 rings (SSSR count). The summed E-state index contributed by atoms with van der Waals surface area (Å²) in [7, 11) is -3.68. The van der Waals surface area contributed by atoms with E-state index in [0.717, 1.165) is 5.82 Å². The van der Waals surface area contributed by atoms with Crippen molar-refractivity contribution in [1.82, 2.24) is 19.3 Å². The summed E-state index contributed by atoms with van der Waals surface area (Å²) in [6.45, 7) is 0.829. The van der Waals surface area contributed by atoms with Gasteiger partial charge in [0.05, 0.1) is 4.90 Å². The summed E-state index contributed by atoms with van der Waals surface area (Å²) < 4.78 is 27.6. The molecule has 3 aromatic rings. The molecule has 0 atom stereocenters. The minimum absolute atomic E-state index is 0.114. The number of carbonyl (C=O) groups excluding carboxylic acids is 1. The van der Waals surface area contributed by atoms with E-state index in [-0.39, 0.29) is 16.4 Å². The molecule has 0 spiro atoms. The summed E-state index contributed by atoms with van der Waals surface area (Å²) in [6, 6.07) is 11.3. The third kappa shape index (κ3) is 4.20. The number of sulfonamides is 1. The summed E-state index contributed by atoms with van der Waals surface area (Å²) in [5.74, 6) is 1.13. The van der Waals surface area contributed by atoms with Crippen LogP contribution in [0.15, 0.2) is 66.0 Å². The lowest BCUT2D eigenvalue weighted by Gasteiger charge is -2.30. The fourth-order valence-electron chi connectivity index (χ4n) is 3.44. The standard InChI is InChI=1S/C20H21N5O3S/c26-20(24-18-6-1-2-9-21-18)16-4-3-5-17(14-16)29(27,28)25-12-7-15(8-13-25)19-22-10-11-23-19/h1-6,9-11,14-15H,7-8,12-13H2,(H,22,23)(H,21,24,26). The Labute approximate surface area is 169 Å². The summed E-state index contributed by atoms with van der Waals surface area (Å²) >= 11 is 0. The topological polar surface area (TPSA) is 108 Å². The van der Waals surface area contributed by atoms with Crippen molar-refractivity contribution in [2.24, 2.45) is 0 Å². The highest BCUT2D eigenvalue weighted by molar-refractivity contribution is 7.89. The van der Waals surface area contributed by atoms with E-state index < -0.39 is 15.9 Å². The largest absolute Gasteiger partial charge is 0.348 e. The lowest BCUT2D eigenvalue weighted by atomic mass is 9.98. The Kier molecular flexibility index (Phi) is 5.41. The van der Waals surface area contributed by atoms with Crippen LogP contribution in [-0.4, -0.2) is 46.7 Å². The van der Waals surface area contributed by atoms with Gasteiger partial charge in [-0.15, -0.1) is 0 Å². The second-order valence-corrected chi connectivity index (χ2v) is 8.79. The van der Waals surface area contributed by atoms with Crippen molar-refractivity contribution in [2.45, 2.75) is 23.7 Å². The number of amides is 1. The van der Waals surface area contributed by atoms with Gasteiger partial charge in [-0.25, -0.2) is 18.4 Å². The molecule has 2 N–H and O–H groups in total.